The monoisotopic (exact) mass is 376 g/mol. The summed E-state index contributed by atoms with van der Waals surface area (Å²) >= 11 is 0. The molecule has 4 rings (SSSR count). The first-order valence-corrected chi connectivity index (χ1v) is 9.57. The minimum absolute atomic E-state index is 0.00792. The first kappa shape index (κ1) is 18.4. The standard InChI is InChI=1S/C22H24N4O2/c1-16-7-3-4-8-17(16)15-25-11-13-26(14-12-25)22(28)20-21(27)18-9-5-6-10-19(18)24(2)23-20/h3-10H,11-15H2,1-2H3. The van der Waals surface area contributed by atoms with Crippen LogP contribution < -0.4 is 5.43 Å². The van der Waals surface area contributed by atoms with Gasteiger partial charge in [-0.3, -0.25) is 19.2 Å². The zero-order valence-corrected chi connectivity index (χ0v) is 16.3. The first-order valence-electron chi connectivity index (χ1n) is 9.57. The van der Waals surface area contributed by atoms with Crippen LogP contribution in [0.1, 0.15) is 21.6 Å². The Morgan fingerprint density at radius 1 is 1.00 bits per heavy atom. The molecule has 1 aliphatic rings. The summed E-state index contributed by atoms with van der Waals surface area (Å²) in [5, 5.41) is 4.80. The predicted octanol–water partition coefficient (Wildman–Crippen LogP) is 2.20. The van der Waals surface area contributed by atoms with E-state index in [-0.39, 0.29) is 17.0 Å². The normalized spacial score (nSPS) is 15.1. The van der Waals surface area contributed by atoms with Crippen molar-refractivity contribution in [1.82, 2.24) is 19.6 Å². The lowest BCUT2D eigenvalue weighted by Gasteiger charge is -2.34. The van der Waals surface area contributed by atoms with Crippen LogP contribution in [0.25, 0.3) is 10.9 Å². The molecule has 6 nitrogen and oxygen atoms in total. The maximum atomic E-state index is 13.0. The summed E-state index contributed by atoms with van der Waals surface area (Å²) in [6.07, 6.45) is 0. The van der Waals surface area contributed by atoms with Crippen molar-refractivity contribution in [3.8, 4) is 0 Å². The number of rotatable bonds is 3. The molecule has 28 heavy (non-hydrogen) atoms. The van der Waals surface area contributed by atoms with Crippen LogP contribution in [0.2, 0.25) is 0 Å². The fraction of sp³-hybridized carbons (Fsp3) is 0.318. The lowest BCUT2D eigenvalue weighted by atomic mass is 10.1. The molecule has 1 fully saturated rings. The molecular formula is C22H24N4O2. The molecule has 1 saturated heterocycles. The van der Waals surface area contributed by atoms with Crippen LogP contribution in [0.4, 0.5) is 0 Å². The Bertz CT molecular complexity index is 1080. The van der Waals surface area contributed by atoms with Crippen LogP contribution in [0.15, 0.2) is 53.3 Å². The molecule has 1 amide bonds. The number of piperazine rings is 1. The maximum Gasteiger partial charge on any atom is 0.278 e. The van der Waals surface area contributed by atoms with Crippen molar-refractivity contribution in [3.63, 3.8) is 0 Å². The van der Waals surface area contributed by atoms with Gasteiger partial charge >= 0.3 is 0 Å². The number of benzene rings is 2. The second-order valence-corrected chi connectivity index (χ2v) is 7.31. The van der Waals surface area contributed by atoms with Crippen LogP contribution in [-0.4, -0.2) is 51.7 Å². The summed E-state index contributed by atoms with van der Waals surface area (Å²) in [7, 11) is 1.76. The van der Waals surface area contributed by atoms with E-state index in [4.69, 9.17) is 0 Å². The number of aromatic nitrogens is 2. The molecule has 0 bridgehead atoms. The minimum Gasteiger partial charge on any atom is -0.335 e. The molecule has 0 aliphatic carbocycles. The van der Waals surface area contributed by atoms with Gasteiger partial charge in [0.05, 0.1) is 5.52 Å². The average molecular weight is 376 g/mol. The van der Waals surface area contributed by atoms with Gasteiger partial charge in [0.15, 0.2) is 5.69 Å². The van der Waals surface area contributed by atoms with Gasteiger partial charge in [-0.1, -0.05) is 36.4 Å². The van der Waals surface area contributed by atoms with Crippen molar-refractivity contribution >= 4 is 16.8 Å². The molecule has 0 radical (unpaired) electrons. The van der Waals surface area contributed by atoms with Gasteiger partial charge in [-0.05, 0) is 30.2 Å². The Kier molecular flexibility index (Phi) is 4.96. The van der Waals surface area contributed by atoms with Crippen LogP contribution in [0.3, 0.4) is 0 Å². The Labute approximate surface area is 164 Å². The molecule has 144 valence electrons. The number of amides is 1. The zero-order chi connectivity index (χ0) is 19.7. The molecule has 2 aromatic carbocycles. The Morgan fingerprint density at radius 2 is 1.68 bits per heavy atom. The summed E-state index contributed by atoms with van der Waals surface area (Å²) in [4.78, 5) is 29.8. The molecule has 1 aromatic heterocycles. The van der Waals surface area contributed by atoms with E-state index in [1.807, 2.05) is 24.3 Å². The highest BCUT2D eigenvalue weighted by Gasteiger charge is 2.26. The summed E-state index contributed by atoms with van der Waals surface area (Å²) in [6, 6.07) is 15.6. The predicted molar refractivity (Wildman–Crippen MR) is 109 cm³/mol. The number of carbonyl (C=O) groups is 1. The number of para-hydroxylation sites is 1. The molecule has 0 spiro atoms. The van der Waals surface area contributed by atoms with Crippen LogP contribution in [0.5, 0.6) is 0 Å². The van der Waals surface area contributed by atoms with E-state index in [1.165, 1.54) is 11.1 Å². The van der Waals surface area contributed by atoms with Crippen LogP contribution in [0, 0.1) is 6.92 Å². The molecule has 1 aliphatic heterocycles. The number of nitrogens with zero attached hydrogens (tertiary/aromatic N) is 4. The SMILES string of the molecule is Cc1ccccc1CN1CCN(C(=O)c2nn(C)c3ccccc3c2=O)CC1. The molecular weight excluding hydrogens is 352 g/mol. The molecule has 0 unspecified atom stereocenters. The van der Waals surface area contributed by atoms with E-state index in [2.05, 4.69) is 35.1 Å². The van der Waals surface area contributed by atoms with Gasteiger partial charge in [0.2, 0.25) is 5.43 Å². The highest BCUT2D eigenvalue weighted by molar-refractivity contribution is 5.95. The number of fused-ring (bicyclic) bond motifs is 1. The van der Waals surface area contributed by atoms with E-state index in [0.717, 1.165) is 25.2 Å². The van der Waals surface area contributed by atoms with Gasteiger partial charge in [0.25, 0.3) is 5.91 Å². The summed E-state index contributed by atoms with van der Waals surface area (Å²) < 4.78 is 1.61. The first-order chi connectivity index (χ1) is 13.5. The highest BCUT2D eigenvalue weighted by Crippen LogP contribution is 2.14. The van der Waals surface area contributed by atoms with Crippen molar-refractivity contribution in [2.75, 3.05) is 26.2 Å². The fourth-order valence-electron chi connectivity index (χ4n) is 3.75. The molecule has 0 saturated carbocycles. The van der Waals surface area contributed by atoms with E-state index >= 15 is 0 Å². The lowest BCUT2D eigenvalue weighted by molar-refractivity contribution is 0.0619. The smallest absolute Gasteiger partial charge is 0.278 e. The van der Waals surface area contributed by atoms with Gasteiger partial charge in [-0.15, -0.1) is 0 Å². The van der Waals surface area contributed by atoms with Gasteiger partial charge in [0, 0.05) is 45.2 Å². The quantitative estimate of drug-likeness (QED) is 0.703. The van der Waals surface area contributed by atoms with Gasteiger partial charge in [0.1, 0.15) is 0 Å². The Balaban J connectivity index is 1.49. The largest absolute Gasteiger partial charge is 0.335 e. The zero-order valence-electron chi connectivity index (χ0n) is 16.3. The third-order valence-corrected chi connectivity index (χ3v) is 5.48. The number of hydrogen-bond acceptors (Lipinski definition) is 4. The van der Waals surface area contributed by atoms with Crippen molar-refractivity contribution in [1.29, 1.82) is 0 Å². The van der Waals surface area contributed by atoms with E-state index < -0.39 is 0 Å². The third-order valence-electron chi connectivity index (χ3n) is 5.48. The van der Waals surface area contributed by atoms with E-state index in [1.54, 1.807) is 22.7 Å². The van der Waals surface area contributed by atoms with Gasteiger partial charge < -0.3 is 4.90 Å². The fourth-order valence-corrected chi connectivity index (χ4v) is 3.75. The van der Waals surface area contributed by atoms with Crippen molar-refractivity contribution in [3.05, 3.63) is 75.6 Å². The topological polar surface area (TPSA) is 58.4 Å². The van der Waals surface area contributed by atoms with Gasteiger partial charge in [-0.2, -0.15) is 5.10 Å². The van der Waals surface area contributed by atoms with E-state index in [9.17, 15) is 9.59 Å². The molecule has 0 atom stereocenters. The maximum absolute atomic E-state index is 13.0. The highest BCUT2D eigenvalue weighted by atomic mass is 16.2. The van der Waals surface area contributed by atoms with Crippen molar-refractivity contribution in [2.45, 2.75) is 13.5 Å². The van der Waals surface area contributed by atoms with Crippen LogP contribution in [-0.2, 0) is 13.6 Å². The summed E-state index contributed by atoms with van der Waals surface area (Å²) in [6.45, 7) is 5.77. The lowest BCUT2D eigenvalue weighted by Crippen LogP contribution is -2.49. The molecule has 0 N–H and O–H groups in total. The molecule has 6 heteroatoms. The van der Waals surface area contributed by atoms with Gasteiger partial charge in [-0.25, -0.2) is 0 Å². The minimum atomic E-state index is -0.291. The van der Waals surface area contributed by atoms with Crippen molar-refractivity contribution in [2.24, 2.45) is 7.05 Å². The summed E-state index contributed by atoms with van der Waals surface area (Å²) in [5.41, 5.74) is 3.04. The average Bonchev–Trinajstić information content (AvgIpc) is 2.72. The van der Waals surface area contributed by atoms with Crippen LogP contribution >= 0.6 is 0 Å². The molecule has 2 heterocycles. The molecule has 3 aromatic rings. The number of carbonyl (C=O) groups excluding carboxylic acids is 1. The number of hydrogen-bond donors (Lipinski definition) is 0. The Hall–Kier alpha value is -2.99. The second-order valence-electron chi connectivity index (χ2n) is 7.31. The van der Waals surface area contributed by atoms with E-state index in [0.29, 0.717) is 18.5 Å². The number of aryl methyl sites for hydroxylation is 2. The Morgan fingerprint density at radius 3 is 2.43 bits per heavy atom. The summed E-state index contributed by atoms with van der Waals surface area (Å²) in [5.74, 6) is -0.276. The van der Waals surface area contributed by atoms with Crippen molar-refractivity contribution < 1.29 is 4.79 Å². The second kappa shape index (κ2) is 7.56. The third kappa shape index (κ3) is 3.43.